The molecule has 0 aliphatic heterocycles. The molecule has 2 aromatic carbocycles. The van der Waals surface area contributed by atoms with Gasteiger partial charge in [0.15, 0.2) is 0 Å². The van der Waals surface area contributed by atoms with E-state index < -0.39 is 11.9 Å². The summed E-state index contributed by atoms with van der Waals surface area (Å²) < 4.78 is 7.28. The number of nitrogens with zero attached hydrogens (tertiary/aromatic N) is 1. The fourth-order valence-electron chi connectivity index (χ4n) is 3.60. The van der Waals surface area contributed by atoms with E-state index in [1.54, 1.807) is 31.4 Å². The number of ether oxygens (including phenoxy) is 1. The van der Waals surface area contributed by atoms with Gasteiger partial charge in [0.2, 0.25) is 5.91 Å². The van der Waals surface area contributed by atoms with Crippen molar-refractivity contribution >= 4 is 17.6 Å². The van der Waals surface area contributed by atoms with Crippen LogP contribution in [0, 0.1) is 13.8 Å². The maximum Gasteiger partial charge on any atom is 0.303 e. The van der Waals surface area contributed by atoms with Crippen molar-refractivity contribution in [2.24, 2.45) is 0 Å². The number of nitrogens with one attached hydrogen (secondary N) is 1. The van der Waals surface area contributed by atoms with Gasteiger partial charge in [-0.25, -0.2) is 0 Å². The lowest BCUT2D eigenvalue weighted by molar-refractivity contribution is -0.137. The van der Waals surface area contributed by atoms with Crippen LogP contribution < -0.4 is 10.1 Å². The molecular formula is C24H26N2O4. The summed E-state index contributed by atoms with van der Waals surface area (Å²) in [7, 11) is 1.57. The van der Waals surface area contributed by atoms with Crippen LogP contribution in [0.2, 0.25) is 0 Å². The Labute approximate surface area is 176 Å². The van der Waals surface area contributed by atoms with E-state index in [0.29, 0.717) is 11.4 Å². The third kappa shape index (κ3) is 5.08. The predicted molar refractivity (Wildman–Crippen MR) is 116 cm³/mol. The highest BCUT2D eigenvalue weighted by atomic mass is 16.5. The Bertz CT molecular complexity index is 1000. The summed E-state index contributed by atoms with van der Waals surface area (Å²) in [4.78, 5) is 23.9. The maximum atomic E-state index is 12.6. The van der Waals surface area contributed by atoms with Crippen molar-refractivity contribution in [3.63, 3.8) is 0 Å². The Hall–Kier alpha value is -3.54. The highest BCUT2D eigenvalue weighted by molar-refractivity contribution is 5.91. The smallest absolute Gasteiger partial charge is 0.303 e. The summed E-state index contributed by atoms with van der Waals surface area (Å²) in [5.41, 5.74) is 4.77. The summed E-state index contributed by atoms with van der Waals surface area (Å²) in [5, 5.41) is 12.1. The number of anilines is 1. The molecule has 3 aromatic rings. The zero-order chi connectivity index (χ0) is 21.7. The number of carboxylic acids is 1. The molecule has 30 heavy (non-hydrogen) atoms. The summed E-state index contributed by atoms with van der Waals surface area (Å²) in [6.45, 7) is 4.09. The van der Waals surface area contributed by atoms with Crippen molar-refractivity contribution in [2.45, 2.75) is 32.6 Å². The summed E-state index contributed by atoms with van der Waals surface area (Å²) >= 11 is 0. The molecule has 1 aromatic heterocycles. The molecule has 0 aliphatic carbocycles. The van der Waals surface area contributed by atoms with Gasteiger partial charge < -0.3 is 19.7 Å². The molecule has 6 heteroatoms. The zero-order valence-corrected chi connectivity index (χ0v) is 17.4. The van der Waals surface area contributed by atoms with Gasteiger partial charge in [-0.05, 0) is 67.9 Å². The van der Waals surface area contributed by atoms with E-state index >= 15 is 0 Å². The van der Waals surface area contributed by atoms with Crippen LogP contribution in [-0.2, 0) is 9.59 Å². The Kier molecular flexibility index (Phi) is 6.57. The minimum absolute atomic E-state index is 0.0796. The number of amides is 1. The Morgan fingerprint density at radius 1 is 0.933 bits per heavy atom. The third-order valence-corrected chi connectivity index (χ3v) is 5.12. The maximum absolute atomic E-state index is 12.6. The molecule has 156 valence electrons. The Balaban J connectivity index is 1.69. The molecule has 3 rings (SSSR count). The van der Waals surface area contributed by atoms with E-state index in [9.17, 15) is 14.7 Å². The van der Waals surface area contributed by atoms with Gasteiger partial charge in [0, 0.05) is 35.1 Å². The molecule has 0 bridgehead atoms. The third-order valence-electron chi connectivity index (χ3n) is 5.12. The molecule has 0 saturated heterocycles. The summed E-state index contributed by atoms with van der Waals surface area (Å²) in [6, 6.07) is 18.9. The molecule has 0 fully saturated rings. The minimum Gasteiger partial charge on any atom is -0.497 e. The molecule has 2 N–H and O–H groups in total. The van der Waals surface area contributed by atoms with Crippen LogP contribution in [0.5, 0.6) is 5.75 Å². The number of aliphatic carboxylic acids is 1. The second-order valence-corrected chi connectivity index (χ2v) is 7.32. The highest BCUT2D eigenvalue weighted by Crippen LogP contribution is 2.26. The molecule has 1 heterocycles. The molecule has 1 atom stereocenters. The lowest BCUT2D eigenvalue weighted by Gasteiger charge is -2.16. The van der Waals surface area contributed by atoms with Crippen LogP contribution in [0.15, 0.2) is 60.7 Å². The van der Waals surface area contributed by atoms with Crippen molar-refractivity contribution in [1.82, 2.24) is 4.57 Å². The quantitative estimate of drug-likeness (QED) is 0.569. The predicted octanol–water partition coefficient (Wildman–Crippen LogP) is 4.69. The molecule has 0 radical (unpaired) electrons. The molecule has 6 nitrogen and oxygen atoms in total. The molecule has 0 saturated carbocycles. The fourth-order valence-corrected chi connectivity index (χ4v) is 3.60. The molecular weight excluding hydrogens is 380 g/mol. The van der Waals surface area contributed by atoms with Crippen LogP contribution in [0.25, 0.3) is 5.69 Å². The summed E-state index contributed by atoms with van der Waals surface area (Å²) in [5.74, 6) is -0.896. The van der Waals surface area contributed by atoms with Gasteiger partial charge in [-0.1, -0.05) is 12.1 Å². The SMILES string of the molecule is COc1ccc(C(CC(=O)O)CC(=O)Nc2ccc(-n3c(C)ccc3C)cc2)cc1. The number of benzene rings is 2. The van der Waals surface area contributed by atoms with Crippen molar-refractivity contribution < 1.29 is 19.4 Å². The lowest BCUT2D eigenvalue weighted by atomic mass is 9.92. The number of rotatable bonds is 8. The average Bonchev–Trinajstić information content (AvgIpc) is 3.06. The Morgan fingerprint density at radius 3 is 2.07 bits per heavy atom. The number of methoxy groups -OCH3 is 1. The zero-order valence-electron chi connectivity index (χ0n) is 17.4. The highest BCUT2D eigenvalue weighted by Gasteiger charge is 2.20. The number of aromatic nitrogens is 1. The number of carboxylic acid groups (broad SMARTS) is 1. The van der Waals surface area contributed by atoms with E-state index in [2.05, 4.69) is 22.0 Å². The van der Waals surface area contributed by atoms with Crippen molar-refractivity contribution in [3.8, 4) is 11.4 Å². The van der Waals surface area contributed by atoms with E-state index in [0.717, 1.165) is 22.6 Å². The second kappa shape index (κ2) is 9.31. The standard InChI is InChI=1S/C24H26N2O4/c1-16-4-5-17(2)26(16)21-10-8-20(9-11-21)25-23(27)14-19(15-24(28)29)18-6-12-22(30-3)13-7-18/h4-13,19H,14-15H2,1-3H3,(H,25,27)(H,28,29). The second-order valence-electron chi connectivity index (χ2n) is 7.32. The van der Waals surface area contributed by atoms with Crippen LogP contribution in [0.3, 0.4) is 0 Å². The molecule has 0 aliphatic rings. The first-order valence-corrected chi connectivity index (χ1v) is 9.78. The van der Waals surface area contributed by atoms with Crippen LogP contribution in [-0.4, -0.2) is 28.7 Å². The van der Waals surface area contributed by atoms with Crippen LogP contribution >= 0.6 is 0 Å². The van der Waals surface area contributed by atoms with Crippen molar-refractivity contribution in [1.29, 1.82) is 0 Å². The molecule has 1 unspecified atom stereocenters. The molecule has 0 spiro atoms. The largest absolute Gasteiger partial charge is 0.497 e. The van der Waals surface area contributed by atoms with Crippen molar-refractivity contribution in [2.75, 3.05) is 12.4 Å². The fraction of sp³-hybridized carbons (Fsp3) is 0.250. The topological polar surface area (TPSA) is 80.6 Å². The number of hydrogen-bond donors (Lipinski definition) is 2. The van der Waals surface area contributed by atoms with Gasteiger partial charge in [0.25, 0.3) is 0 Å². The molecule has 1 amide bonds. The van der Waals surface area contributed by atoms with Crippen LogP contribution in [0.1, 0.15) is 35.7 Å². The number of carbonyl (C=O) groups excluding carboxylic acids is 1. The van der Waals surface area contributed by atoms with Gasteiger partial charge in [-0.3, -0.25) is 9.59 Å². The first-order valence-electron chi connectivity index (χ1n) is 9.78. The monoisotopic (exact) mass is 406 g/mol. The van der Waals surface area contributed by atoms with E-state index in [-0.39, 0.29) is 18.7 Å². The van der Waals surface area contributed by atoms with Gasteiger partial charge in [-0.2, -0.15) is 0 Å². The van der Waals surface area contributed by atoms with E-state index in [1.165, 1.54) is 0 Å². The number of aryl methyl sites for hydroxylation is 2. The lowest BCUT2D eigenvalue weighted by Crippen LogP contribution is -2.17. The first-order chi connectivity index (χ1) is 14.4. The Morgan fingerprint density at radius 2 is 1.53 bits per heavy atom. The number of hydrogen-bond acceptors (Lipinski definition) is 3. The first kappa shape index (κ1) is 21.2. The average molecular weight is 406 g/mol. The van der Waals surface area contributed by atoms with Gasteiger partial charge >= 0.3 is 5.97 Å². The van der Waals surface area contributed by atoms with E-state index in [4.69, 9.17) is 4.74 Å². The summed E-state index contributed by atoms with van der Waals surface area (Å²) in [6.07, 6.45) is -0.0406. The normalized spacial score (nSPS) is 11.7. The van der Waals surface area contributed by atoms with Gasteiger partial charge in [-0.15, -0.1) is 0 Å². The van der Waals surface area contributed by atoms with Crippen molar-refractivity contribution in [3.05, 3.63) is 77.6 Å². The number of carbonyl (C=O) groups is 2. The van der Waals surface area contributed by atoms with Gasteiger partial charge in [0.05, 0.1) is 13.5 Å². The van der Waals surface area contributed by atoms with E-state index in [1.807, 2.05) is 38.1 Å². The minimum atomic E-state index is -0.939. The van der Waals surface area contributed by atoms with Crippen LogP contribution in [0.4, 0.5) is 5.69 Å². The van der Waals surface area contributed by atoms with Gasteiger partial charge in [0.1, 0.15) is 5.75 Å².